The predicted molar refractivity (Wildman–Crippen MR) is 103 cm³/mol. The smallest absolute Gasteiger partial charge is 0.0923 e. The number of hydrogen-bond acceptors (Lipinski definition) is 2. The first-order valence-corrected chi connectivity index (χ1v) is 9.68. The summed E-state index contributed by atoms with van der Waals surface area (Å²) in [6, 6.07) is 11.0. The normalized spacial score (nSPS) is 15.7. The highest BCUT2D eigenvalue weighted by molar-refractivity contribution is 5.90. The Morgan fingerprint density at radius 2 is 1.67 bits per heavy atom. The molecule has 0 radical (unpaired) electrons. The van der Waals surface area contributed by atoms with Crippen LogP contribution in [0, 0.1) is 0 Å². The van der Waals surface area contributed by atoms with E-state index in [-0.39, 0.29) is 0 Å². The molecule has 2 aromatic rings. The van der Waals surface area contributed by atoms with Crippen molar-refractivity contribution in [3.8, 4) is 0 Å². The van der Waals surface area contributed by atoms with Gasteiger partial charge in [0.2, 0.25) is 0 Å². The van der Waals surface area contributed by atoms with Crippen molar-refractivity contribution in [1.82, 2.24) is 4.90 Å². The first-order chi connectivity index (χ1) is 11.7. The molecule has 1 atom stereocenters. The van der Waals surface area contributed by atoms with Crippen LogP contribution in [0.4, 0.5) is 0 Å². The third-order valence-electron chi connectivity index (χ3n) is 5.27. The largest absolute Gasteiger partial charge is 0.387 e. The Morgan fingerprint density at radius 1 is 1.00 bits per heavy atom. The minimum absolute atomic E-state index is 0.403. The lowest BCUT2D eigenvalue weighted by molar-refractivity contribution is 0.114. The summed E-state index contributed by atoms with van der Waals surface area (Å²) in [5.41, 5.74) is 4.11. The van der Waals surface area contributed by atoms with Crippen molar-refractivity contribution in [2.24, 2.45) is 0 Å². The van der Waals surface area contributed by atoms with Crippen LogP contribution in [0.25, 0.3) is 10.8 Å². The Bertz CT molecular complexity index is 673. The molecular weight excluding hydrogens is 294 g/mol. The van der Waals surface area contributed by atoms with Crippen LogP contribution in [0.3, 0.4) is 0 Å². The molecule has 130 valence electrons. The molecule has 0 unspecified atom stereocenters. The fourth-order valence-corrected chi connectivity index (χ4v) is 4.20. The second kappa shape index (κ2) is 8.13. The summed E-state index contributed by atoms with van der Waals surface area (Å²) in [6.45, 7) is 7.29. The Hall–Kier alpha value is -1.38. The van der Waals surface area contributed by atoms with Crippen LogP contribution < -0.4 is 0 Å². The molecule has 0 amide bonds. The van der Waals surface area contributed by atoms with E-state index < -0.39 is 6.10 Å². The number of aliphatic hydroxyl groups excluding tert-OH is 1. The highest BCUT2D eigenvalue weighted by atomic mass is 16.3. The van der Waals surface area contributed by atoms with Gasteiger partial charge in [0.1, 0.15) is 0 Å². The molecule has 0 saturated heterocycles. The van der Waals surface area contributed by atoms with Crippen molar-refractivity contribution in [2.75, 3.05) is 19.6 Å². The van der Waals surface area contributed by atoms with Crippen LogP contribution in [0.5, 0.6) is 0 Å². The number of hydrogen-bond donors (Lipinski definition) is 1. The van der Waals surface area contributed by atoms with Crippen molar-refractivity contribution in [3.05, 3.63) is 47.0 Å². The van der Waals surface area contributed by atoms with Gasteiger partial charge in [-0.25, -0.2) is 0 Å². The van der Waals surface area contributed by atoms with Gasteiger partial charge in [-0.1, -0.05) is 44.2 Å². The molecule has 24 heavy (non-hydrogen) atoms. The molecule has 0 aliphatic heterocycles. The molecule has 0 heterocycles. The van der Waals surface area contributed by atoms with Crippen molar-refractivity contribution in [1.29, 1.82) is 0 Å². The maximum Gasteiger partial charge on any atom is 0.0923 e. The molecule has 0 spiro atoms. The lowest BCUT2D eigenvalue weighted by Gasteiger charge is -2.27. The molecule has 0 fully saturated rings. The number of rotatable bonds is 7. The van der Waals surface area contributed by atoms with E-state index in [1.54, 1.807) is 0 Å². The standard InChI is InChI=1S/C22H31NO/c1-3-13-23(14-4-2)16-22(24)21-15-17-9-5-6-10-18(17)19-11-7-8-12-20(19)21/h7-8,11-12,15,22,24H,3-6,9-10,13-14,16H2,1-2H3/t22-/m0/s1. The van der Waals surface area contributed by atoms with Crippen LogP contribution in [0.15, 0.2) is 30.3 Å². The van der Waals surface area contributed by atoms with Crippen molar-refractivity contribution < 1.29 is 5.11 Å². The summed E-state index contributed by atoms with van der Waals surface area (Å²) in [7, 11) is 0. The van der Waals surface area contributed by atoms with Crippen LogP contribution in [-0.2, 0) is 12.8 Å². The van der Waals surface area contributed by atoms with Gasteiger partial charge in [-0.15, -0.1) is 0 Å². The van der Waals surface area contributed by atoms with Gasteiger partial charge in [0.05, 0.1) is 6.10 Å². The van der Waals surface area contributed by atoms with E-state index in [1.807, 2.05) is 0 Å². The van der Waals surface area contributed by atoms with Crippen molar-refractivity contribution >= 4 is 10.8 Å². The zero-order chi connectivity index (χ0) is 16.9. The Labute approximate surface area is 146 Å². The SMILES string of the molecule is CCCN(CCC)C[C@H](O)c1cc2c(c3ccccc13)CCCC2. The van der Waals surface area contributed by atoms with Gasteiger partial charge < -0.3 is 10.0 Å². The first kappa shape index (κ1) is 17.4. The first-order valence-electron chi connectivity index (χ1n) is 9.68. The van der Waals surface area contributed by atoms with E-state index in [0.717, 1.165) is 44.5 Å². The van der Waals surface area contributed by atoms with Gasteiger partial charge in [0.15, 0.2) is 0 Å². The minimum Gasteiger partial charge on any atom is -0.387 e. The fourth-order valence-electron chi connectivity index (χ4n) is 4.20. The monoisotopic (exact) mass is 325 g/mol. The molecule has 2 nitrogen and oxygen atoms in total. The second-order valence-electron chi connectivity index (χ2n) is 7.17. The quantitative estimate of drug-likeness (QED) is 0.784. The summed E-state index contributed by atoms with van der Waals surface area (Å²) in [6.07, 6.45) is 6.78. The fraction of sp³-hybridized carbons (Fsp3) is 0.545. The highest BCUT2D eigenvalue weighted by Gasteiger charge is 2.20. The zero-order valence-electron chi connectivity index (χ0n) is 15.2. The molecule has 2 heteroatoms. The van der Waals surface area contributed by atoms with Gasteiger partial charge in [-0.2, -0.15) is 0 Å². The second-order valence-corrected chi connectivity index (χ2v) is 7.17. The van der Waals surface area contributed by atoms with E-state index in [0.29, 0.717) is 0 Å². The molecule has 0 saturated carbocycles. The lowest BCUT2D eigenvalue weighted by Crippen LogP contribution is -2.30. The Morgan fingerprint density at radius 3 is 2.38 bits per heavy atom. The van der Waals surface area contributed by atoms with Crippen molar-refractivity contribution in [3.63, 3.8) is 0 Å². The molecule has 0 aromatic heterocycles. The molecule has 1 aliphatic rings. The average Bonchev–Trinajstić information content (AvgIpc) is 2.61. The molecule has 1 aliphatic carbocycles. The van der Waals surface area contributed by atoms with Gasteiger partial charge in [0.25, 0.3) is 0 Å². The maximum atomic E-state index is 11.0. The van der Waals surface area contributed by atoms with E-state index in [9.17, 15) is 5.11 Å². The van der Waals surface area contributed by atoms with Gasteiger partial charge in [-0.05, 0) is 79.1 Å². The minimum atomic E-state index is -0.403. The number of aliphatic hydroxyl groups is 1. The summed E-state index contributed by atoms with van der Waals surface area (Å²) >= 11 is 0. The third-order valence-corrected chi connectivity index (χ3v) is 5.27. The summed E-state index contributed by atoms with van der Waals surface area (Å²) in [5, 5.41) is 13.6. The number of fused-ring (bicyclic) bond motifs is 3. The van der Waals surface area contributed by atoms with Gasteiger partial charge in [-0.3, -0.25) is 0 Å². The molecule has 0 bridgehead atoms. The highest BCUT2D eigenvalue weighted by Crippen LogP contribution is 2.34. The van der Waals surface area contributed by atoms with Gasteiger partial charge >= 0.3 is 0 Å². The van der Waals surface area contributed by atoms with Crippen LogP contribution >= 0.6 is 0 Å². The predicted octanol–water partition coefficient (Wildman–Crippen LogP) is 4.87. The van der Waals surface area contributed by atoms with E-state index >= 15 is 0 Å². The van der Waals surface area contributed by atoms with Crippen LogP contribution in [0.1, 0.15) is 62.3 Å². The average molecular weight is 325 g/mol. The molecule has 2 aromatic carbocycles. The van der Waals surface area contributed by atoms with Gasteiger partial charge in [0, 0.05) is 6.54 Å². The number of nitrogens with zero attached hydrogens (tertiary/aromatic N) is 1. The number of aryl methyl sites for hydroxylation is 2. The Kier molecular flexibility index (Phi) is 5.91. The van der Waals surface area contributed by atoms with Crippen LogP contribution in [0.2, 0.25) is 0 Å². The molecule has 3 rings (SSSR count). The third kappa shape index (κ3) is 3.65. The summed E-state index contributed by atoms with van der Waals surface area (Å²) < 4.78 is 0. The maximum absolute atomic E-state index is 11.0. The Balaban J connectivity index is 1.96. The molecule has 1 N–H and O–H groups in total. The van der Waals surface area contributed by atoms with Crippen LogP contribution in [-0.4, -0.2) is 29.6 Å². The van der Waals surface area contributed by atoms with E-state index in [2.05, 4.69) is 49.1 Å². The molecular formula is C22H31NO. The summed E-state index contributed by atoms with van der Waals surface area (Å²) in [5.74, 6) is 0. The number of benzene rings is 2. The topological polar surface area (TPSA) is 23.5 Å². The lowest BCUT2D eigenvalue weighted by atomic mass is 9.84. The van der Waals surface area contributed by atoms with E-state index in [1.165, 1.54) is 41.2 Å². The van der Waals surface area contributed by atoms with Crippen molar-refractivity contribution in [2.45, 2.75) is 58.5 Å². The van der Waals surface area contributed by atoms with E-state index in [4.69, 9.17) is 0 Å². The summed E-state index contributed by atoms with van der Waals surface area (Å²) in [4.78, 5) is 2.40. The zero-order valence-corrected chi connectivity index (χ0v) is 15.2.